The lowest BCUT2D eigenvalue weighted by Crippen LogP contribution is -2.22. The van der Waals surface area contributed by atoms with Crippen LogP contribution in [0.3, 0.4) is 0 Å². The Kier molecular flexibility index (Phi) is 3.31. The first-order chi connectivity index (χ1) is 7.72. The van der Waals surface area contributed by atoms with Crippen molar-refractivity contribution in [3.63, 3.8) is 0 Å². The highest BCUT2D eigenvalue weighted by molar-refractivity contribution is 7.05. The Labute approximate surface area is 98.7 Å². The molecule has 1 atom stereocenters. The second-order valence-electron chi connectivity index (χ2n) is 3.63. The van der Waals surface area contributed by atoms with Gasteiger partial charge >= 0.3 is 0 Å². The molecule has 0 radical (unpaired) electrons. The third kappa shape index (κ3) is 2.12. The molecular formula is C10H15N5S. The molecule has 0 amide bonds. The highest BCUT2D eigenvalue weighted by Gasteiger charge is 2.20. The summed E-state index contributed by atoms with van der Waals surface area (Å²) in [6.07, 6.45) is 1.95. The molecule has 0 bridgehead atoms. The molecule has 0 saturated carbocycles. The van der Waals surface area contributed by atoms with Crippen molar-refractivity contribution in [1.29, 1.82) is 0 Å². The zero-order valence-electron chi connectivity index (χ0n) is 9.64. The minimum absolute atomic E-state index is 0.103. The smallest absolute Gasteiger partial charge is 0.0898 e. The maximum absolute atomic E-state index is 4.43. The van der Waals surface area contributed by atoms with Crippen LogP contribution in [0.15, 0.2) is 12.3 Å². The predicted octanol–water partition coefficient (Wildman–Crippen LogP) is 1.28. The van der Waals surface area contributed by atoms with Gasteiger partial charge in [0.2, 0.25) is 0 Å². The number of rotatable bonds is 4. The van der Waals surface area contributed by atoms with E-state index in [0.29, 0.717) is 0 Å². The van der Waals surface area contributed by atoms with Crippen LogP contribution in [0.1, 0.15) is 29.2 Å². The molecule has 0 spiro atoms. The van der Waals surface area contributed by atoms with E-state index in [4.69, 9.17) is 0 Å². The van der Waals surface area contributed by atoms with Crippen molar-refractivity contribution in [1.82, 2.24) is 24.7 Å². The van der Waals surface area contributed by atoms with Crippen LogP contribution >= 0.6 is 11.5 Å². The molecule has 2 heterocycles. The van der Waals surface area contributed by atoms with Gasteiger partial charge in [0.15, 0.2) is 0 Å². The van der Waals surface area contributed by atoms with E-state index in [9.17, 15) is 0 Å². The van der Waals surface area contributed by atoms with E-state index >= 15 is 0 Å². The average Bonchev–Trinajstić information content (AvgIpc) is 2.84. The molecule has 1 N–H and O–H groups in total. The van der Waals surface area contributed by atoms with Crippen molar-refractivity contribution in [3.8, 4) is 0 Å². The van der Waals surface area contributed by atoms with Crippen LogP contribution in [0.2, 0.25) is 0 Å². The molecule has 6 heteroatoms. The van der Waals surface area contributed by atoms with Gasteiger partial charge in [-0.2, -0.15) is 5.10 Å². The molecular weight excluding hydrogens is 222 g/mol. The monoisotopic (exact) mass is 237 g/mol. The fourth-order valence-electron chi connectivity index (χ4n) is 1.63. The largest absolute Gasteiger partial charge is 0.304 e. The van der Waals surface area contributed by atoms with Gasteiger partial charge in [0, 0.05) is 13.2 Å². The lowest BCUT2D eigenvalue weighted by Gasteiger charge is -2.13. The molecule has 2 aromatic rings. The van der Waals surface area contributed by atoms with Crippen molar-refractivity contribution in [2.45, 2.75) is 19.9 Å². The maximum atomic E-state index is 4.43. The average molecular weight is 237 g/mol. The summed E-state index contributed by atoms with van der Waals surface area (Å²) >= 11 is 1.43. The van der Waals surface area contributed by atoms with Crippen LogP contribution in [-0.2, 0) is 7.05 Å². The molecule has 2 aromatic heterocycles. The zero-order chi connectivity index (χ0) is 11.5. The Morgan fingerprint density at radius 1 is 1.56 bits per heavy atom. The van der Waals surface area contributed by atoms with Gasteiger partial charge < -0.3 is 5.32 Å². The SMILES string of the molecule is CCNC(c1ccn(C)n1)c1snnc1C. The van der Waals surface area contributed by atoms with Crippen molar-refractivity contribution >= 4 is 11.5 Å². The summed E-state index contributed by atoms with van der Waals surface area (Å²) < 4.78 is 5.78. The third-order valence-corrected chi connectivity index (χ3v) is 3.28. The standard InChI is InChI=1S/C10H15N5S/c1-4-11-9(8-5-6-15(3)13-8)10-7(2)12-14-16-10/h5-6,9,11H,4H2,1-3H3. The lowest BCUT2D eigenvalue weighted by molar-refractivity contribution is 0.604. The van der Waals surface area contributed by atoms with Crippen LogP contribution in [-0.4, -0.2) is 25.9 Å². The number of aryl methyl sites for hydroxylation is 2. The number of aromatic nitrogens is 4. The van der Waals surface area contributed by atoms with Crippen LogP contribution in [0.4, 0.5) is 0 Å². The first kappa shape index (κ1) is 11.2. The van der Waals surface area contributed by atoms with E-state index in [2.05, 4.69) is 26.9 Å². The van der Waals surface area contributed by atoms with E-state index in [-0.39, 0.29) is 6.04 Å². The Balaban J connectivity index is 2.34. The van der Waals surface area contributed by atoms with Gasteiger partial charge in [0.25, 0.3) is 0 Å². The predicted molar refractivity (Wildman–Crippen MR) is 63.4 cm³/mol. The quantitative estimate of drug-likeness (QED) is 0.870. The van der Waals surface area contributed by atoms with Gasteiger partial charge in [-0.3, -0.25) is 4.68 Å². The molecule has 2 rings (SSSR count). The molecule has 1 unspecified atom stereocenters. The minimum atomic E-state index is 0.103. The normalized spacial score (nSPS) is 12.9. The Bertz CT molecular complexity index is 461. The molecule has 0 aromatic carbocycles. The van der Waals surface area contributed by atoms with Crippen molar-refractivity contribution in [2.24, 2.45) is 7.05 Å². The van der Waals surface area contributed by atoms with Crippen LogP contribution in [0, 0.1) is 6.92 Å². The fourth-order valence-corrected chi connectivity index (χ4v) is 2.36. The molecule has 16 heavy (non-hydrogen) atoms. The Hall–Kier alpha value is -1.27. The first-order valence-electron chi connectivity index (χ1n) is 5.24. The van der Waals surface area contributed by atoms with E-state index in [0.717, 1.165) is 22.8 Å². The van der Waals surface area contributed by atoms with Gasteiger partial charge in [-0.15, -0.1) is 5.10 Å². The van der Waals surface area contributed by atoms with Crippen LogP contribution in [0.25, 0.3) is 0 Å². The van der Waals surface area contributed by atoms with Gasteiger partial charge in [-0.1, -0.05) is 11.4 Å². The maximum Gasteiger partial charge on any atom is 0.0898 e. The Morgan fingerprint density at radius 2 is 2.38 bits per heavy atom. The van der Waals surface area contributed by atoms with E-state index in [1.165, 1.54) is 11.5 Å². The third-order valence-electron chi connectivity index (χ3n) is 2.39. The second kappa shape index (κ2) is 4.71. The first-order valence-corrected chi connectivity index (χ1v) is 6.01. The summed E-state index contributed by atoms with van der Waals surface area (Å²) in [5.74, 6) is 0. The summed E-state index contributed by atoms with van der Waals surface area (Å²) in [6, 6.07) is 2.12. The molecule has 86 valence electrons. The van der Waals surface area contributed by atoms with Gasteiger partial charge in [-0.05, 0) is 31.1 Å². The Morgan fingerprint density at radius 3 is 2.88 bits per heavy atom. The topological polar surface area (TPSA) is 55.6 Å². The van der Waals surface area contributed by atoms with Crippen molar-refractivity contribution in [2.75, 3.05) is 6.54 Å². The molecule has 0 aliphatic rings. The number of nitrogens with one attached hydrogen (secondary N) is 1. The summed E-state index contributed by atoms with van der Waals surface area (Å²) in [5.41, 5.74) is 1.99. The molecule has 0 aliphatic heterocycles. The van der Waals surface area contributed by atoms with E-state index in [1.54, 1.807) is 0 Å². The molecule has 5 nitrogen and oxygen atoms in total. The second-order valence-corrected chi connectivity index (χ2v) is 4.41. The highest BCUT2D eigenvalue weighted by atomic mass is 32.1. The van der Waals surface area contributed by atoms with Gasteiger partial charge in [0.1, 0.15) is 0 Å². The fraction of sp³-hybridized carbons (Fsp3) is 0.500. The number of hydrogen-bond donors (Lipinski definition) is 1. The van der Waals surface area contributed by atoms with E-state index < -0.39 is 0 Å². The van der Waals surface area contributed by atoms with Gasteiger partial charge in [0.05, 0.1) is 22.3 Å². The van der Waals surface area contributed by atoms with Crippen LogP contribution in [0.5, 0.6) is 0 Å². The summed E-state index contributed by atoms with van der Waals surface area (Å²) in [4.78, 5) is 1.14. The summed E-state index contributed by atoms with van der Waals surface area (Å²) in [7, 11) is 1.92. The van der Waals surface area contributed by atoms with Crippen molar-refractivity contribution < 1.29 is 0 Å². The molecule has 0 fully saturated rings. The summed E-state index contributed by atoms with van der Waals surface area (Å²) in [5, 5.41) is 11.9. The minimum Gasteiger partial charge on any atom is -0.304 e. The van der Waals surface area contributed by atoms with Crippen LogP contribution < -0.4 is 5.32 Å². The lowest BCUT2D eigenvalue weighted by atomic mass is 10.1. The zero-order valence-corrected chi connectivity index (χ0v) is 10.5. The highest BCUT2D eigenvalue weighted by Crippen LogP contribution is 2.25. The summed E-state index contributed by atoms with van der Waals surface area (Å²) in [6.45, 7) is 4.95. The van der Waals surface area contributed by atoms with E-state index in [1.807, 2.05) is 30.9 Å². The van der Waals surface area contributed by atoms with Crippen molar-refractivity contribution in [3.05, 3.63) is 28.5 Å². The van der Waals surface area contributed by atoms with Gasteiger partial charge in [-0.25, -0.2) is 0 Å². The number of nitrogens with zero attached hydrogens (tertiary/aromatic N) is 4. The molecule has 0 aliphatic carbocycles. The molecule has 0 saturated heterocycles. The number of hydrogen-bond acceptors (Lipinski definition) is 5.